The SMILES string of the molecule is COC(=O)c1ccc(C(=O)OC)c(NS(=O)(=O)c2ccc(OC)cc2OC)c1. The molecule has 0 aromatic heterocycles. The average molecular weight is 409 g/mol. The smallest absolute Gasteiger partial charge is 0.339 e. The van der Waals surface area contributed by atoms with Crippen molar-refractivity contribution in [3.8, 4) is 11.5 Å². The number of hydrogen-bond acceptors (Lipinski definition) is 8. The van der Waals surface area contributed by atoms with E-state index in [0.29, 0.717) is 5.75 Å². The molecule has 10 heteroatoms. The number of carbonyl (C=O) groups is 2. The van der Waals surface area contributed by atoms with E-state index in [-0.39, 0.29) is 27.5 Å². The molecule has 0 saturated heterocycles. The third-order valence-corrected chi connectivity index (χ3v) is 5.16. The molecular formula is C18H19NO8S. The number of esters is 2. The second-order valence-electron chi connectivity index (χ2n) is 5.37. The van der Waals surface area contributed by atoms with Crippen LogP contribution in [0.25, 0.3) is 0 Å². The molecule has 0 bridgehead atoms. The monoisotopic (exact) mass is 409 g/mol. The van der Waals surface area contributed by atoms with E-state index >= 15 is 0 Å². The van der Waals surface area contributed by atoms with Gasteiger partial charge in [-0.2, -0.15) is 0 Å². The van der Waals surface area contributed by atoms with Crippen LogP contribution in [0.3, 0.4) is 0 Å². The van der Waals surface area contributed by atoms with Gasteiger partial charge in [-0.15, -0.1) is 0 Å². The van der Waals surface area contributed by atoms with Crippen molar-refractivity contribution < 1.29 is 37.0 Å². The van der Waals surface area contributed by atoms with Gasteiger partial charge in [-0.3, -0.25) is 4.72 Å². The van der Waals surface area contributed by atoms with Crippen molar-refractivity contribution in [2.75, 3.05) is 33.2 Å². The molecule has 9 nitrogen and oxygen atoms in total. The molecule has 0 aliphatic heterocycles. The zero-order chi connectivity index (χ0) is 20.9. The maximum Gasteiger partial charge on any atom is 0.339 e. The Morgan fingerprint density at radius 1 is 0.857 bits per heavy atom. The van der Waals surface area contributed by atoms with Gasteiger partial charge < -0.3 is 18.9 Å². The Hall–Kier alpha value is -3.27. The van der Waals surface area contributed by atoms with Crippen LogP contribution in [-0.2, 0) is 19.5 Å². The van der Waals surface area contributed by atoms with Crippen molar-refractivity contribution >= 4 is 27.6 Å². The quantitative estimate of drug-likeness (QED) is 0.691. The van der Waals surface area contributed by atoms with Crippen LogP contribution >= 0.6 is 0 Å². The van der Waals surface area contributed by atoms with Crippen molar-refractivity contribution in [2.45, 2.75) is 4.90 Å². The maximum absolute atomic E-state index is 12.9. The molecule has 0 radical (unpaired) electrons. The van der Waals surface area contributed by atoms with Crippen LogP contribution in [0.1, 0.15) is 20.7 Å². The van der Waals surface area contributed by atoms with Gasteiger partial charge in [0.15, 0.2) is 0 Å². The molecule has 150 valence electrons. The van der Waals surface area contributed by atoms with Crippen LogP contribution in [0.4, 0.5) is 5.69 Å². The topological polar surface area (TPSA) is 117 Å². The van der Waals surface area contributed by atoms with Gasteiger partial charge in [-0.05, 0) is 30.3 Å². The van der Waals surface area contributed by atoms with Crippen molar-refractivity contribution in [1.82, 2.24) is 0 Å². The molecule has 0 atom stereocenters. The number of benzene rings is 2. The summed E-state index contributed by atoms with van der Waals surface area (Å²) in [5.74, 6) is -1.04. The zero-order valence-corrected chi connectivity index (χ0v) is 16.5. The summed E-state index contributed by atoms with van der Waals surface area (Å²) >= 11 is 0. The molecule has 0 saturated carbocycles. The van der Waals surface area contributed by atoms with Gasteiger partial charge in [0.05, 0.1) is 45.3 Å². The molecular weight excluding hydrogens is 390 g/mol. The number of carbonyl (C=O) groups excluding carboxylic acids is 2. The average Bonchev–Trinajstić information content (AvgIpc) is 2.71. The van der Waals surface area contributed by atoms with Crippen molar-refractivity contribution in [1.29, 1.82) is 0 Å². The first-order valence-corrected chi connectivity index (χ1v) is 9.31. The second kappa shape index (κ2) is 8.61. The van der Waals surface area contributed by atoms with Crippen LogP contribution in [0.15, 0.2) is 41.3 Å². The minimum absolute atomic E-state index is 0.0376. The highest BCUT2D eigenvalue weighted by molar-refractivity contribution is 7.92. The lowest BCUT2D eigenvalue weighted by atomic mass is 10.1. The first-order chi connectivity index (χ1) is 13.3. The van der Waals surface area contributed by atoms with Gasteiger partial charge >= 0.3 is 11.9 Å². The number of nitrogens with one attached hydrogen (secondary N) is 1. The van der Waals surface area contributed by atoms with Gasteiger partial charge in [0.2, 0.25) is 0 Å². The van der Waals surface area contributed by atoms with E-state index in [9.17, 15) is 18.0 Å². The summed E-state index contributed by atoms with van der Waals surface area (Å²) in [5, 5.41) is 0. The van der Waals surface area contributed by atoms with E-state index in [1.807, 2.05) is 0 Å². The normalized spacial score (nSPS) is 10.7. The fraction of sp³-hybridized carbons (Fsp3) is 0.222. The molecule has 28 heavy (non-hydrogen) atoms. The highest BCUT2D eigenvalue weighted by Gasteiger charge is 2.24. The van der Waals surface area contributed by atoms with E-state index in [4.69, 9.17) is 9.47 Å². The first-order valence-electron chi connectivity index (χ1n) is 7.83. The summed E-state index contributed by atoms with van der Waals surface area (Å²) in [6, 6.07) is 7.92. The summed E-state index contributed by atoms with van der Waals surface area (Å²) in [7, 11) is 0.896. The number of rotatable bonds is 7. The summed E-state index contributed by atoms with van der Waals surface area (Å²) in [5.41, 5.74) is -0.173. The number of methoxy groups -OCH3 is 4. The van der Waals surface area contributed by atoms with Gasteiger partial charge in [0, 0.05) is 6.07 Å². The molecule has 0 aliphatic rings. The summed E-state index contributed by atoms with van der Waals surface area (Å²) in [6.07, 6.45) is 0. The highest BCUT2D eigenvalue weighted by Crippen LogP contribution is 2.31. The van der Waals surface area contributed by atoms with Crippen LogP contribution in [0.2, 0.25) is 0 Å². The van der Waals surface area contributed by atoms with Gasteiger partial charge in [-0.25, -0.2) is 18.0 Å². The van der Waals surface area contributed by atoms with E-state index in [0.717, 1.165) is 7.11 Å². The number of hydrogen-bond donors (Lipinski definition) is 1. The Morgan fingerprint density at radius 3 is 2.11 bits per heavy atom. The fourth-order valence-corrected chi connectivity index (χ4v) is 3.58. The van der Waals surface area contributed by atoms with Crippen LogP contribution in [0, 0.1) is 0 Å². The third kappa shape index (κ3) is 4.34. The lowest BCUT2D eigenvalue weighted by Crippen LogP contribution is -2.18. The zero-order valence-electron chi connectivity index (χ0n) is 15.6. The molecule has 0 unspecified atom stereocenters. The fourth-order valence-electron chi connectivity index (χ4n) is 2.36. The standard InChI is InChI=1S/C18H19NO8S/c1-24-12-6-8-16(15(10-12)25-2)28(22,23)19-14-9-11(17(20)26-3)5-7-13(14)18(21)27-4/h5-10,19H,1-4H3. The van der Waals surface area contributed by atoms with Gasteiger partial charge in [-0.1, -0.05) is 0 Å². The van der Waals surface area contributed by atoms with E-state index < -0.39 is 22.0 Å². The van der Waals surface area contributed by atoms with Crippen LogP contribution in [0.5, 0.6) is 11.5 Å². The van der Waals surface area contributed by atoms with Crippen molar-refractivity contribution in [3.05, 3.63) is 47.5 Å². The Kier molecular flexibility index (Phi) is 6.47. The summed E-state index contributed by atoms with van der Waals surface area (Å²) in [6.45, 7) is 0. The van der Waals surface area contributed by atoms with Crippen molar-refractivity contribution in [2.24, 2.45) is 0 Å². The highest BCUT2D eigenvalue weighted by atomic mass is 32.2. The van der Waals surface area contributed by atoms with Crippen LogP contribution in [-0.4, -0.2) is 48.8 Å². The number of anilines is 1. The Balaban J connectivity index is 2.56. The first kappa shape index (κ1) is 21.0. The Morgan fingerprint density at radius 2 is 1.54 bits per heavy atom. The predicted molar refractivity (Wildman–Crippen MR) is 99.5 cm³/mol. The molecule has 0 amide bonds. The summed E-state index contributed by atoms with van der Waals surface area (Å²) in [4.78, 5) is 23.6. The lowest BCUT2D eigenvalue weighted by Gasteiger charge is -2.15. The molecule has 0 spiro atoms. The number of ether oxygens (including phenoxy) is 4. The Bertz CT molecular complexity index is 1000. The molecule has 0 aliphatic carbocycles. The second-order valence-corrected chi connectivity index (χ2v) is 7.02. The van der Waals surface area contributed by atoms with E-state index in [1.165, 1.54) is 57.7 Å². The largest absolute Gasteiger partial charge is 0.497 e. The van der Waals surface area contributed by atoms with E-state index in [2.05, 4.69) is 14.2 Å². The molecule has 0 fully saturated rings. The van der Waals surface area contributed by atoms with Crippen molar-refractivity contribution in [3.63, 3.8) is 0 Å². The Labute approximate surface area is 162 Å². The summed E-state index contributed by atoms with van der Waals surface area (Å²) < 4.78 is 47.6. The molecule has 1 N–H and O–H groups in total. The molecule has 2 aromatic rings. The van der Waals surface area contributed by atoms with Gasteiger partial charge in [0.25, 0.3) is 10.0 Å². The minimum Gasteiger partial charge on any atom is -0.497 e. The molecule has 0 heterocycles. The molecule has 2 aromatic carbocycles. The predicted octanol–water partition coefficient (Wildman–Crippen LogP) is 2.08. The van der Waals surface area contributed by atoms with Crippen LogP contribution < -0.4 is 14.2 Å². The number of sulfonamides is 1. The van der Waals surface area contributed by atoms with Gasteiger partial charge in [0.1, 0.15) is 16.4 Å². The molecule has 2 rings (SSSR count). The van der Waals surface area contributed by atoms with E-state index in [1.54, 1.807) is 0 Å². The minimum atomic E-state index is -4.18. The third-order valence-electron chi connectivity index (χ3n) is 3.75. The maximum atomic E-state index is 12.9. The lowest BCUT2D eigenvalue weighted by molar-refractivity contribution is 0.0587.